The zero-order chi connectivity index (χ0) is 28.4. The second-order valence-electron chi connectivity index (χ2n) is 10.7. The molecular weight excluding hydrogens is 522 g/mol. The number of rotatable bonds is 7. The lowest BCUT2D eigenvalue weighted by Crippen LogP contribution is -2.31. The van der Waals surface area contributed by atoms with Crippen LogP contribution in [0, 0.1) is 11.7 Å². The molecule has 0 unspecified atom stereocenters. The van der Waals surface area contributed by atoms with Crippen LogP contribution in [0.1, 0.15) is 73.0 Å². The number of benzene rings is 2. The third kappa shape index (κ3) is 6.13. The molecule has 9 heteroatoms. The van der Waals surface area contributed by atoms with Crippen LogP contribution in [0.15, 0.2) is 60.8 Å². The first-order chi connectivity index (χ1) is 19.1. The molecule has 0 atom stereocenters. The van der Waals surface area contributed by atoms with Crippen LogP contribution < -0.4 is 10.1 Å². The first kappa shape index (κ1) is 27.7. The fraction of sp³-hybridized carbons (Fsp3) is 0.355. The van der Waals surface area contributed by atoms with E-state index < -0.39 is 6.36 Å². The average Bonchev–Trinajstić information content (AvgIpc) is 3.37. The van der Waals surface area contributed by atoms with Crippen molar-refractivity contribution in [3.05, 3.63) is 83.4 Å². The molecule has 1 aliphatic carbocycles. The van der Waals surface area contributed by atoms with E-state index in [-0.39, 0.29) is 46.4 Å². The Balaban J connectivity index is 1.28. The van der Waals surface area contributed by atoms with E-state index in [2.05, 4.69) is 20.0 Å². The van der Waals surface area contributed by atoms with Gasteiger partial charge in [0.05, 0.1) is 16.8 Å². The van der Waals surface area contributed by atoms with E-state index >= 15 is 0 Å². The van der Waals surface area contributed by atoms with Crippen LogP contribution in [-0.2, 0) is 0 Å². The summed E-state index contributed by atoms with van der Waals surface area (Å²) in [6, 6.07) is 14.1. The molecule has 210 valence electrons. The third-order valence-corrected chi connectivity index (χ3v) is 7.66. The average molecular weight is 554 g/mol. The van der Waals surface area contributed by atoms with Gasteiger partial charge in [0.2, 0.25) is 0 Å². The highest BCUT2D eigenvalue weighted by atomic mass is 19.4. The van der Waals surface area contributed by atoms with Crippen molar-refractivity contribution in [3.63, 3.8) is 0 Å². The summed E-state index contributed by atoms with van der Waals surface area (Å²) in [6.07, 6.45) is 0.505. The van der Waals surface area contributed by atoms with E-state index in [1.165, 1.54) is 24.3 Å². The van der Waals surface area contributed by atoms with Gasteiger partial charge < -0.3 is 15.0 Å². The lowest BCUT2D eigenvalue weighted by Gasteiger charge is -2.29. The van der Waals surface area contributed by atoms with Gasteiger partial charge in [-0.3, -0.25) is 9.78 Å². The van der Waals surface area contributed by atoms with Crippen LogP contribution >= 0.6 is 0 Å². The van der Waals surface area contributed by atoms with Crippen LogP contribution in [0.4, 0.5) is 17.6 Å². The Bertz CT molecular complexity index is 1500. The molecule has 0 saturated heterocycles. The van der Waals surface area contributed by atoms with Gasteiger partial charge in [-0.05, 0) is 91.5 Å². The number of fused-ring (bicyclic) bond motifs is 1. The maximum Gasteiger partial charge on any atom is 0.573 e. The van der Waals surface area contributed by atoms with Gasteiger partial charge in [-0.1, -0.05) is 26.0 Å². The lowest BCUT2D eigenvalue weighted by molar-refractivity contribution is -0.274. The van der Waals surface area contributed by atoms with Crippen molar-refractivity contribution in [3.8, 4) is 17.0 Å². The van der Waals surface area contributed by atoms with E-state index in [4.69, 9.17) is 0 Å². The number of para-hydroxylation sites is 1. The van der Waals surface area contributed by atoms with Crippen molar-refractivity contribution >= 4 is 16.8 Å². The summed E-state index contributed by atoms with van der Waals surface area (Å²) in [5.74, 6) is -0.424. The molecule has 0 bridgehead atoms. The smallest absolute Gasteiger partial charge is 0.405 e. The van der Waals surface area contributed by atoms with E-state index in [1.54, 1.807) is 30.5 Å². The number of carbonyl (C=O) groups excluding carboxylic acids is 1. The fourth-order valence-corrected chi connectivity index (χ4v) is 5.57. The number of nitrogens with zero attached hydrogens (tertiary/aromatic N) is 1. The minimum absolute atomic E-state index is 0.0315. The number of aromatic nitrogens is 2. The molecule has 4 aromatic rings. The summed E-state index contributed by atoms with van der Waals surface area (Å²) in [6.45, 7) is 4.34. The normalized spacial score (nSPS) is 17.8. The van der Waals surface area contributed by atoms with Crippen molar-refractivity contribution in [2.45, 2.75) is 57.7 Å². The molecule has 1 saturated carbocycles. The Morgan fingerprint density at radius 1 is 1.07 bits per heavy atom. The van der Waals surface area contributed by atoms with Gasteiger partial charge in [0.15, 0.2) is 0 Å². The Kier molecular flexibility index (Phi) is 7.83. The standard InChI is InChI=1S/C31H31F4N3O2/c1-18(2)27-16-25(29(38-27)23-5-3-4-6-28(23)40-31(33,34)35)30(39)37-17-19-7-9-20(10-8-19)22-13-14-36-26-12-11-21(32)15-24(22)26/h3-6,11-16,18-20,38H,7-10,17H2,1-2H3,(H,37,39). The molecule has 0 aliphatic heterocycles. The van der Waals surface area contributed by atoms with Crippen LogP contribution in [0.25, 0.3) is 22.2 Å². The molecule has 2 N–H and O–H groups in total. The summed E-state index contributed by atoms with van der Waals surface area (Å²) in [5, 5.41) is 3.85. The van der Waals surface area contributed by atoms with Gasteiger partial charge in [-0.2, -0.15) is 0 Å². The predicted octanol–water partition coefficient (Wildman–Crippen LogP) is 8.09. The number of carbonyl (C=O) groups is 1. The summed E-state index contributed by atoms with van der Waals surface area (Å²) < 4.78 is 57.3. The number of alkyl halides is 3. The molecule has 1 amide bonds. The van der Waals surface area contributed by atoms with Crippen molar-refractivity contribution in [1.82, 2.24) is 15.3 Å². The van der Waals surface area contributed by atoms with Gasteiger partial charge in [0.1, 0.15) is 11.6 Å². The summed E-state index contributed by atoms with van der Waals surface area (Å²) in [5.41, 5.74) is 3.35. The van der Waals surface area contributed by atoms with Crippen molar-refractivity contribution < 1.29 is 27.1 Å². The summed E-state index contributed by atoms with van der Waals surface area (Å²) >= 11 is 0. The molecule has 2 aromatic heterocycles. The molecule has 5 nitrogen and oxygen atoms in total. The number of H-pyrrole nitrogens is 1. The molecule has 2 heterocycles. The molecule has 1 fully saturated rings. The van der Waals surface area contributed by atoms with Crippen molar-refractivity contribution in [2.24, 2.45) is 5.92 Å². The molecule has 5 rings (SSSR count). The van der Waals surface area contributed by atoms with Gasteiger partial charge in [-0.25, -0.2) is 4.39 Å². The second-order valence-corrected chi connectivity index (χ2v) is 10.7. The van der Waals surface area contributed by atoms with E-state index in [0.717, 1.165) is 47.8 Å². The molecule has 0 radical (unpaired) electrons. The van der Waals surface area contributed by atoms with E-state index in [9.17, 15) is 22.4 Å². The number of amides is 1. The molecule has 0 spiro atoms. The Morgan fingerprint density at radius 3 is 2.55 bits per heavy atom. The highest BCUT2D eigenvalue weighted by Gasteiger charge is 2.33. The zero-order valence-corrected chi connectivity index (χ0v) is 22.3. The van der Waals surface area contributed by atoms with E-state index in [0.29, 0.717) is 12.2 Å². The van der Waals surface area contributed by atoms with Crippen molar-refractivity contribution in [2.75, 3.05) is 6.54 Å². The number of pyridine rings is 1. The van der Waals surface area contributed by atoms with Crippen LogP contribution in [-0.4, -0.2) is 28.8 Å². The maximum atomic E-state index is 13.9. The van der Waals surface area contributed by atoms with Gasteiger partial charge in [-0.15, -0.1) is 13.2 Å². The third-order valence-electron chi connectivity index (χ3n) is 7.66. The molecular formula is C31H31F4N3O2. The largest absolute Gasteiger partial charge is 0.573 e. The topological polar surface area (TPSA) is 67.0 Å². The summed E-state index contributed by atoms with van der Waals surface area (Å²) in [4.78, 5) is 20.8. The zero-order valence-electron chi connectivity index (χ0n) is 22.3. The molecule has 40 heavy (non-hydrogen) atoms. The number of aromatic amines is 1. The Morgan fingerprint density at radius 2 is 1.82 bits per heavy atom. The van der Waals surface area contributed by atoms with Gasteiger partial charge >= 0.3 is 6.36 Å². The molecule has 1 aliphatic rings. The van der Waals surface area contributed by atoms with Gasteiger partial charge in [0.25, 0.3) is 5.91 Å². The van der Waals surface area contributed by atoms with Crippen molar-refractivity contribution in [1.29, 1.82) is 0 Å². The number of hydrogen-bond donors (Lipinski definition) is 2. The minimum atomic E-state index is -4.86. The van der Waals surface area contributed by atoms with Crippen LogP contribution in [0.3, 0.4) is 0 Å². The number of halogens is 4. The predicted molar refractivity (Wildman–Crippen MR) is 146 cm³/mol. The van der Waals surface area contributed by atoms with Crippen LogP contribution in [0.5, 0.6) is 5.75 Å². The van der Waals surface area contributed by atoms with Crippen LogP contribution in [0.2, 0.25) is 0 Å². The van der Waals surface area contributed by atoms with E-state index in [1.807, 2.05) is 19.9 Å². The fourth-order valence-electron chi connectivity index (χ4n) is 5.57. The Hall–Kier alpha value is -3.88. The first-order valence-electron chi connectivity index (χ1n) is 13.5. The maximum absolute atomic E-state index is 13.9. The first-order valence-corrected chi connectivity index (χ1v) is 13.5. The highest BCUT2D eigenvalue weighted by Crippen LogP contribution is 2.39. The summed E-state index contributed by atoms with van der Waals surface area (Å²) in [7, 11) is 0. The highest BCUT2D eigenvalue weighted by molar-refractivity contribution is 6.01. The second kappa shape index (κ2) is 11.3. The number of nitrogens with one attached hydrogen (secondary N) is 2. The lowest BCUT2D eigenvalue weighted by atomic mass is 9.78. The molecule has 2 aromatic carbocycles. The number of hydrogen-bond acceptors (Lipinski definition) is 3. The monoisotopic (exact) mass is 553 g/mol. The number of ether oxygens (including phenoxy) is 1. The Labute approximate surface area is 230 Å². The SMILES string of the molecule is CC(C)c1cc(C(=O)NCC2CCC(c3ccnc4ccc(F)cc34)CC2)c(-c2ccccc2OC(F)(F)F)[nH]1. The van der Waals surface area contributed by atoms with Gasteiger partial charge in [0, 0.05) is 29.4 Å². The minimum Gasteiger partial charge on any atom is -0.405 e. The quantitative estimate of drug-likeness (QED) is 0.227.